The number of benzene rings is 2. The van der Waals surface area contributed by atoms with E-state index in [1.807, 2.05) is 63.2 Å². The molecule has 2 bridgehead atoms. The van der Waals surface area contributed by atoms with E-state index in [-0.39, 0.29) is 46.9 Å². The Labute approximate surface area is 290 Å². The predicted octanol–water partition coefficient (Wildman–Crippen LogP) is 6.25. The van der Waals surface area contributed by atoms with Gasteiger partial charge >= 0.3 is 0 Å². The first-order valence-electron chi connectivity index (χ1n) is 15.9. The molecule has 3 fully saturated rings. The maximum Gasteiger partial charge on any atom is 0.251 e. The summed E-state index contributed by atoms with van der Waals surface area (Å²) in [6, 6.07) is 13.8. The van der Waals surface area contributed by atoms with Crippen LogP contribution < -0.4 is 4.90 Å². The number of thioether (sulfide) groups is 1. The number of hydrogen-bond donors (Lipinski definition) is 1. The van der Waals surface area contributed by atoms with Crippen LogP contribution in [0.1, 0.15) is 37.8 Å². The maximum atomic E-state index is 15.1. The quantitative estimate of drug-likeness (QED) is 0.195. The second kappa shape index (κ2) is 14.3. The van der Waals surface area contributed by atoms with Gasteiger partial charge in [-0.05, 0) is 36.5 Å². The van der Waals surface area contributed by atoms with E-state index < -0.39 is 28.7 Å². The van der Waals surface area contributed by atoms with Crippen molar-refractivity contribution in [2.75, 3.05) is 24.6 Å². The summed E-state index contributed by atoms with van der Waals surface area (Å²) in [7, 11) is 0. The predicted molar refractivity (Wildman–Crippen MR) is 190 cm³/mol. The van der Waals surface area contributed by atoms with Gasteiger partial charge in [-0.2, -0.15) is 0 Å². The summed E-state index contributed by atoms with van der Waals surface area (Å²) in [5, 5.41) is 11.0. The molecule has 3 aliphatic heterocycles. The van der Waals surface area contributed by atoms with E-state index in [9.17, 15) is 14.7 Å². The van der Waals surface area contributed by atoms with Crippen molar-refractivity contribution in [3.63, 3.8) is 0 Å². The van der Waals surface area contributed by atoms with Crippen LogP contribution in [0.5, 0.6) is 0 Å². The molecule has 0 saturated carbocycles. The van der Waals surface area contributed by atoms with E-state index in [2.05, 4.69) is 29.1 Å². The second-order valence-electron chi connectivity index (χ2n) is 12.7. The molecular weight excluding hydrogens is 686 g/mol. The smallest absolute Gasteiger partial charge is 0.251 e. The van der Waals surface area contributed by atoms with Crippen LogP contribution in [0.25, 0.3) is 0 Å². The monoisotopic (exact) mass is 727 g/mol. The van der Waals surface area contributed by atoms with E-state index in [0.29, 0.717) is 36.6 Å². The van der Waals surface area contributed by atoms with Crippen molar-refractivity contribution in [2.45, 2.75) is 67.1 Å². The third kappa shape index (κ3) is 5.86. The van der Waals surface area contributed by atoms with Gasteiger partial charge in [-0.15, -0.1) is 24.9 Å². The summed E-state index contributed by atoms with van der Waals surface area (Å²) in [5.41, 5.74) is 2.38. The fraction of sp³-hybridized carbons (Fsp3) is 0.472. The highest BCUT2D eigenvalue weighted by molar-refractivity contribution is 9.09. The minimum absolute atomic E-state index is 0.0826. The molecule has 3 aliphatic rings. The number of para-hydroxylation sites is 1. The van der Waals surface area contributed by atoms with Crippen LogP contribution in [0.3, 0.4) is 0 Å². The molecule has 2 aromatic rings. The molecule has 1 N–H and O–H groups in total. The molecular formula is C36H43BrClN3O4S. The Hall–Kier alpha value is -2.59. The summed E-state index contributed by atoms with van der Waals surface area (Å²) in [6.45, 7) is 14.4. The van der Waals surface area contributed by atoms with Crippen LogP contribution in [-0.2, 0) is 20.9 Å². The largest absolute Gasteiger partial charge is 0.394 e. The fourth-order valence-corrected chi connectivity index (χ4v) is 11.6. The molecule has 1 spiro atoms. The first-order chi connectivity index (χ1) is 22.1. The molecule has 3 heterocycles. The number of halogens is 2. The van der Waals surface area contributed by atoms with E-state index in [0.717, 1.165) is 11.1 Å². The third-order valence-corrected chi connectivity index (χ3v) is 13.5. The van der Waals surface area contributed by atoms with E-state index in [1.54, 1.807) is 44.7 Å². The Morgan fingerprint density at radius 1 is 1.15 bits per heavy atom. The lowest BCUT2D eigenvalue weighted by Gasteiger charge is -2.41. The minimum atomic E-state index is -0.915. The van der Waals surface area contributed by atoms with Gasteiger partial charge in [0.05, 0.1) is 39.9 Å². The number of alkyl halides is 1. The lowest BCUT2D eigenvalue weighted by atomic mass is 9.70. The number of likely N-dealkylation sites (tertiary alicyclic amines) is 1. The Morgan fingerprint density at radius 2 is 1.85 bits per heavy atom. The second-order valence-corrected chi connectivity index (χ2v) is 15.8. The van der Waals surface area contributed by atoms with Crippen molar-refractivity contribution in [3.05, 3.63) is 90.0 Å². The number of carbonyl (C=O) groups excluding carboxylic acids is 3. The lowest BCUT2D eigenvalue weighted by Crippen LogP contribution is -2.59. The molecule has 5 rings (SSSR count). The topological polar surface area (TPSA) is 81.2 Å². The molecule has 10 heteroatoms. The van der Waals surface area contributed by atoms with Gasteiger partial charge < -0.3 is 19.8 Å². The SMILES string of the molecule is C=CCN(Cc1ccccc1)C(=O)[C@H]1[C@@H]2SC3(CC2Br)C(C(=O)N(CC=C)c2c(C)cccc2Cl)N([C@@H](CO)[C@@H](C)CC)C(=O)[C@H]13. The summed E-state index contributed by atoms with van der Waals surface area (Å²) in [4.78, 5) is 49.6. The highest BCUT2D eigenvalue weighted by Crippen LogP contribution is 2.68. The van der Waals surface area contributed by atoms with Crippen molar-refractivity contribution in [3.8, 4) is 0 Å². The van der Waals surface area contributed by atoms with Crippen molar-refractivity contribution in [1.82, 2.24) is 9.80 Å². The summed E-state index contributed by atoms with van der Waals surface area (Å²) < 4.78 is -0.880. The zero-order valence-electron chi connectivity index (χ0n) is 26.6. The van der Waals surface area contributed by atoms with Crippen molar-refractivity contribution in [1.29, 1.82) is 0 Å². The van der Waals surface area contributed by atoms with Crippen LogP contribution in [0.4, 0.5) is 5.69 Å². The molecule has 2 aromatic carbocycles. The van der Waals surface area contributed by atoms with Crippen molar-refractivity contribution in [2.24, 2.45) is 17.8 Å². The van der Waals surface area contributed by atoms with Gasteiger partial charge in [-0.1, -0.05) is 102 Å². The highest BCUT2D eigenvalue weighted by atomic mass is 79.9. The Kier molecular flexibility index (Phi) is 10.8. The molecule has 0 aliphatic carbocycles. The van der Waals surface area contributed by atoms with Gasteiger partial charge in [0, 0.05) is 29.7 Å². The minimum Gasteiger partial charge on any atom is -0.394 e. The van der Waals surface area contributed by atoms with Crippen molar-refractivity contribution < 1.29 is 19.5 Å². The Bertz CT molecular complexity index is 1470. The van der Waals surface area contributed by atoms with Crippen LogP contribution in [0, 0.1) is 24.7 Å². The first-order valence-corrected chi connectivity index (χ1v) is 18.1. The molecule has 46 heavy (non-hydrogen) atoms. The van der Waals surface area contributed by atoms with Gasteiger partial charge in [0.1, 0.15) is 6.04 Å². The number of aliphatic hydroxyl groups excluding tert-OH is 1. The molecule has 0 aromatic heterocycles. The number of amides is 3. The molecule has 3 unspecified atom stereocenters. The average molecular weight is 729 g/mol. The van der Waals surface area contributed by atoms with E-state index in [1.165, 1.54) is 0 Å². The zero-order chi connectivity index (χ0) is 33.3. The molecule has 246 valence electrons. The molecule has 0 radical (unpaired) electrons. The van der Waals surface area contributed by atoms with Gasteiger partial charge in [0.2, 0.25) is 11.8 Å². The normalized spacial score (nSPS) is 27.7. The number of carbonyl (C=O) groups is 3. The standard InChI is InChI=1S/C36H43BrClN3O4S/c1-6-17-39(20-24-14-10-9-11-15-24)33(43)28-29-34(44)41(27(21-42)22(4)8-3)32(36(29)19-25(37)31(28)46-36)35(45)40(18-7-2)30-23(5)13-12-16-26(30)38/h6-7,9-16,22,25,27-29,31-32,42H,1-2,8,17-21H2,3-5H3/t22-,25?,27-,28+,29-,31+,32?,36?/m0/s1. The number of fused-ring (bicyclic) bond motifs is 1. The number of anilines is 1. The van der Waals surface area contributed by atoms with E-state index >= 15 is 4.79 Å². The molecule has 8 atom stereocenters. The number of rotatable bonds is 13. The Balaban J connectivity index is 1.63. The maximum absolute atomic E-state index is 15.1. The molecule has 7 nitrogen and oxygen atoms in total. The van der Waals surface area contributed by atoms with Gasteiger partial charge in [0.25, 0.3) is 5.91 Å². The lowest BCUT2D eigenvalue weighted by molar-refractivity contribution is -0.146. The fourth-order valence-electron chi connectivity index (χ4n) is 7.74. The van der Waals surface area contributed by atoms with Crippen LogP contribution in [-0.4, -0.2) is 79.2 Å². The summed E-state index contributed by atoms with van der Waals surface area (Å²) >= 11 is 12.2. The Morgan fingerprint density at radius 3 is 2.46 bits per heavy atom. The number of nitrogens with zero attached hydrogens (tertiary/aromatic N) is 3. The van der Waals surface area contributed by atoms with Gasteiger partial charge in [0.15, 0.2) is 0 Å². The van der Waals surface area contributed by atoms with Crippen LogP contribution in [0.15, 0.2) is 73.8 Å². The zero-order valence-corrected chi connectivity index (χ0v) is 29.8. The number of aliphatic hydroxyl groups is 1. The molecule has 3 saturated heterocycles. The summed E-state index contributed by atoms with van der Waals surface area (Å²) in [5.74, 6) is -2.09. The number of hydrogen-bond acceptors (Lipinski definition) is 5. The highest BCUT2D eigenvalue weighted by Gasteiger charge is 2.76. The van der Waals surface area contributed by atoms with Gasteiger partial charge in [-0.3, -0.25) is 14.4 Å². The van der Waals surface area contributed by atoms with Crippen molar-refractivity contribution >= 4 is 62.7 Å². The average Bonchev–Trinajstić information content (AvgIpc) is 3.63. The number of aryl methyl sites for hydroxylation is 1. The van der Waals surface area contributed by atoms with Gasteiger partial charge in [-0.25, -0.2) is 0 Å². The molecule has 3 amide bonds. The summed E-state index contributed by atoms with van der Waals surface area (Å²) in [6.07, 6.45) is 4.61. The third-order valence-electron chi connectivity index (χ3n) is 10.0. The van der Waals surface area contributed by atoms with Crippen LogP contribution >= 0.6 is 39.3 Å². The first kappa shape index (κ1) is 34.7. The van der Waals surface area contributed by atoms with Crippen LogP contribution in [0.2, 0.25) is 5.02 Å². The van der Waals surface area contributed by atoms with E-state index in [4.69, 9.17) is 11.6 Å².